The van der Waals surface area contributed by atoms with Crippen LogP contribution >= 0.6 is 11.3 Å². The standard InChI is InChI=1S/C24H23F2N3O3S/c1-24(2,29-20(30)15-4-3-5-15)22(31)28-23-27-19(14-6-8-16(25)9-7-14)21(33-23)32-18-12-10-17(26)11-13-18/h6-13,15H,3-5H2,1-2H3,(H,29,30)(H,27,28,31). The first-order valence-corrected chi connectivity index (χ1v) is 11.4. The maximum Gasteiger partial charge on any atom is 0.251 e. The first kappa shape index (κ1) is 22.8. The molecule has 0 unspecified atom stereocenters. The van der Waals surface area contributed by atoms with Crippen LogP contribution < -0.4 is 15.4 Å². The topological polar surface area (TPSA) is 80.3 Å². The van der Waals surface area contributed by atoms with Crippen LogP contribution in [0.25, 0.3) is 11.3 Å². The molecule has 2 amide bonds. The summed E-state index contributed by atoms with van der Waals surface area (Å²) >= 11 is 1.08. The van der Waals surface area contributed by atoms with Gasteiger partial charge in [0.05, 0.1) is 0 Å². The molecule has 6 nitrogen and oxygen atoms in total. The lowest BCUT2D eigenvalue weighted by molar-refractivity contribution is -0.133. The number of anilines is 1. The summed E-state index contributed by atoms with van der Waals surface area (Å²) in [4.78, 5) is 29.7. The summed E-state index contributed by atoms with van der Waals surface area (Å²) in [6, 6.07) is 11.2. The smallest absolute Gasteiger partial charge is 0.251 e. The number of carbonyl (C=O) groups excluding carboxylic acids is 2. The van der Waals surface area contributed by atoms with Crippen molar-refractivity contribution < 1.29 is 23.1 Å². The highest BCUT2D eigenvalue weighted by molar-refractivity contribution is 7.18. The Balaban J connectivity index is 1.57. The number of benzene rings is 2. The molecule has 9 heteroatoms. The van der Waals surface area contributed by atoms with Crippen molar-refractivity contribution in [2.75, 3.05) is 5.32 Å². The van der Waals surface area contributed by atoms with E-state index < -0.39 is 23.1 Å². The van der Waals surface area contributed by atoms with E-state index in [1.165, 1.54) is 36.4 Å². The molecular weight excluding hydrogens is 448 g/mol. The average molecular weight is 472 g/mol. The van der Waals surface area contributed by atoms with E-state index in [0.29, 0.717) is 22.1 Å². The molecule has 0 saturated heterocycles. The van der Waals surface area contributed by atoms with E-state index in [-0.39, 0.29) is 17.0 Å². The van der Waals surface area contributed by atoms with Gasteiger partial charge in [0, 0.05) is 11.5 Å². The van der Waals surface area contributed by atoms with Crippen LogP contribution in [0.3, 0.4) is 0 Å². The average Bonchev–Trinajstić information content (AvgIpc) is 3.10. The summed E-state index contributed by atoms with van der Waals surface area (Å²) in [6.07, 6.45) is 2.69. The minimum absolute atomic E-state index is 0.0438. The van der Waals surface area contributed by atoms with Gasteiger partial charge < -0.3 is 10.1 Å². The third-order valence-corrected chi connectivity index (χ3v) is 6.29. The molecule has 1 aliphatic carbocycles. The highest BCUT2D eigenvalue weighted by atomic mass is 32.1. The monoisotopic (exact) mass is 471 g/mol. The lowest BCUT2D eigenvalue weighted by atomic mass is 9.84. The molecule has 33 heavy (non-hydrogen) atoms. The van der Waals surface area contributed by atoms with Crippen LogP contribution in [-0.4, -0.2) is 22.3 Å². The van der Waals surface area contributed by atoms with Crippen molar-refractivity contribution in [3.63, 3.8) is 0 Å². The van der Waals surface area contributed by atoms with E-state index >= 15 is 0 Å². The SMILES string of the molecule is CC(C)(NC(=O)C1CCC1)C(=O)Nc1nc(-c2ccc(F)cc2)c(Oc2ccc(F)cc2)s1. The van der Waals surface area contributed by atoms with Crippen LogP contribution in [0.1, 0.15) is 33.1 Å². The number of halogens is 2. The fourth-order valence-corrected chi connectivity index (χ4v) is 4.07. The van der Waals surface area contributed by atoms with Gasteiger partial charge in [0.25, 0.3) is 5.91 Å². The first-order valence-electron chi connectivity index (χ1n) is 10.5. The highest BCUT2D eigenvalue weighted by Gasteiger charge is 2.34. The second-order valence-corrected chi connectivity index (χ2v) is 9.38. The molecule has 1 fully saturated rings. The van der Waals surface area contributed by atoms with E-state index in [4.69, 9.17) is 4.74 Å². The normalized spacial score (nSPS) is 13.8. The summed E-state index contributed by atoms with van der Waals surface area (Å²) in [6.45, 7) is 3.26. The fraction of sp³-hybridized carbons (Fsp3) is 0.292. The Kier molecular flexibility index (Phi) is 6.42. The van der Waals surface area contributed by atoms with Gasteiger partial charge in [-0.15, -0.1) is 0 Å². The minimum Gasteiger partial charge on any atom is -0.444 e. The highest BCUT2D eigenvalue weighted by Crippen LogP contribution is 2.41. The molecule has 0 atom stereocenters. The lowest BCUT2D eigenvalue weighted by Gasteiger charge is -2.30. The van der Waals surface area contributed by atoms with E-state index in [0.717, 1.165) is 30.6 Å². The molecular formula is C24H23F2N3O3S. The largest absolute Gasteiger partial charge is 0.444 e. The van der Waals surface area contributed by atoms with E-state index in [1.807, 2.05) is 0 Å². The molecule has 3 aromatic rings. The fourth-order valence-electron chi connectivity index (χ4n) is 3.22. The van der Waals surface area contributed by atoms with Crippen molar-refractivity contribution in [1.82, 2.24) is 10.3 Å². The Bertz CT molecular complexity index is 1160. The predicted octanol–water partition coefficient (Wildman–Crippen LogP) is 5.51. The lowest BCUT2D eigenvalue weighted by Crippen LogP contribution is -2.54. The zero-order valence-electron chi connectivity index (χ0n) is 18.2. The molecule has 1 aliphatic rings. The number of nitrogens with zero attached hydrogens (tertiary/aromatic N) is 1. The van der Waals surface area contributed by atoms with Crippen LogP contribution in [-0.2, 0) is 9.59 Å². The van der Waals surface area contributed by atoms with Crippen molar-refractivity contribution in [3.8, 4) is 22.1 Å². The molecule has 0 aliphatic heterocycles. The third kappa shape index (κ3) is 5.36. The van der Waals surface area contributed by atoms with Crippen LogP contribution in [0.4, 0.5) is 13.9 Å². The second-order valence-electron chi connectivity index (χ2n) is 8.41. The van der Waals surface area contributed by atoms with E-state index in [9.17, 15) is 18.4 Å². The van der Waals surface area contributed by atoms with Crippen LogP contribution in [0, 0.1) is 17.6 Å². The van der Waals surface area contributed by atoms with Gasteiger partial charge in [0.1, 0.15) is 28.6 Å². The molecule has 0 bridgehead atoms. The van der Waals surface area contributed by atoms with Crippen LogP contribution in [0.15, 0.2) is 48.5 Å². The molecule has 1 heterocycles. The number of nitrogens with one attached hydrogen (secondary N) is 2. The van der Waals surface area contributed by atoms with Gasteiger partial charge in [-0.25, -0.2) is 13.8 Å². The van der Waals surface area contributed by atoms with Gasteiger partial charge >= 0.3 is 0 Å². The maximum absolute atomic E-state index is 13.4. The van der Waals surface area contributed by atoms with Gasteiger partial charge in [-0.1, -0.05) is 17.8 Å². The van der Waals surface area contributed by atoms with Gasteiger partial charge in [-0.05, 0) is 75.2 Å². The zero-order chi connectivity index (χ0) is 23.6. The van der Waals surface area contributed by atoms with Crippen molar-refractivity contribution in [2.24, 2.45) is 5.92 Å². The van der Waals surface area contributed by atoms with Gasteiger partial charge in [-0.3, -0.25) is 14.9 Å². The Labute approximate surface area is 194 Å². The van der Waals surface area contributed by atoms with Crippen LogP contribution in [0.5, 0.6) is 10.8 Å². The van der Waals surface area contributed by atoms with Crippen molar-refractivity contribution in [1.29, 1.82) is 0 Å². The van der Waals surface area contributed by atoms with E-state index in [2.05, 4.69) is 15.6 Å². The van der Waals surface area contributed by atoms with Crippen molar-refractivity contribution >= 4 is 28.3 Å². The maximum atomic E-state index is 13.4. The molecule has 0 spiro atoms. The molecule has 1 saturated carbocycles. The Morgan fingerprint density at radius 2 is 1.64 bits per heavy atom. The zero-order valence-corrected chi connectivity index (χ0v) is 19.0. The van der Waals surface area contributed by atoms with Gasteiger partial charge in [-0.2, -0.15) is 0 Å². The third-order valence-electron chi connectivity index (χ3n) is 5.44. The number of rotatable bonds is 7. The molecule has 0 radical (unpaired) electrons. The van der Waals surface area contributed by atoms with E-state index in [1.54, 1.807) is 26.0 Å². The van der Waals surface area contributed by atoms with Crippen molar-refractivity contribution in [2.45, 2.75) is 38.6 Å². The number of thiazole rings is 1. The summed E-state index contributed by atoms with van der Waals surface area (Å²) in [7, 11) is 0. The quantitative estimate of drug-likeness (QED) is 0.476. The van der Waals surface area contributed by atoms with Crippen molar-refractivity contribution in [3.05, 3.63) is 60.2 Å². The van der Waals surface area contributed by atoms with Crippen LogP contribution in [0.2, 0.25) is 0 Å². The number of hydrogen-bond donors (Lipinski definition) is 2. The Morgan fingerprint density at radius 3 is 2.21 bits per heavy atom. The molecule has 1 aromatic heterocycles. The molecule has 172 valence electrons. The molecule has 4 rings (SSSR count). The number of amides is 2. The number of ether oxygens (including phenoxy) is 1. The summed E-state index contributed by atoms with van der Waals surface area (Å²) in [5.74, 6) is -1.01. The Morgan fingerprint density at radius 1 is 1.03 bits per heavy atom. The summed E-state index contributed by atoms with van der Waals surface area (Å²) in [5.41, 5.74) is -0.162. The molecule has 2 N–H and O–H groups in total. The van der Waals surface area contributed by atoms with Gasteiger partial charge in [0.15, 0.2) is 5.13 Å². The molecule has 2 aromatic carbocycles. The minimum atomic E-state index is -1.15. The second kappa shape index (κ2) is 9.27. The summed E-state index contributed by atoms with van der Waals surface area (Å²) < 4.78 is 32.6. The first-order chi connectivity index (χ1) is 15.7. The van der Waals surface area contributed by atoms with Gasteiger partial charge in [0.2, 0.25) is 11.0 Å². The number of aromatic nitrogens is 1. The summed E-state index contributed by atoms with van der Waals surface area (Å²) in [5, 5.41) is 6.14. The number of carbonyl (C=O) groups is 2. The number of hydrogen-bond acceptors (Lipinski definition) is 5. The Hall–Kier alpha value is -3.33. The predicted molar refractivity (Wildman–Crippen MR) is 122 cm³/mol.